The number of aromatic nitrogens is 2. The fourth-order valence-corrected chi connectivity index (χ4v) is 1.84. The Kier molecular flexibility index (Phi) is 5.05. The van der Waals surface area contributed by atoms with Gasteiger partial charge in [-0.25, -0.2) is 9.97 Å². The molecule has 1 aromatic carbocycles. The molecule has 0 aliphatic carbocycles. The molecule has 0 saturated carbocycles. The van der Waals surface area contributed by atoms with Crippen LogP contribution in [0.3, 0.4) is 0 Å². The molecule has 5 nitrogen and oxygen atoms in total. The summed E-state index contributed by atoms with van der Waals surface area (Å²) in [6, 6.07) is 3.92. The van der Waals surface area contributed by atoms with Crippen molar-refractivity contribution >= 4 is 23.2 Å². The number of carbonyl (C=O) groups excluding carboxylic acids is 1. The number of anilines is 1. The number of halogens is 4. The summed E-state index contributed by atoms with van der Waals surface area (Å²) in [5, 5.41) is 2.27. The maximum absolute atomic E-state index is 12.7. The van der Waals surface area contributed by atoms with Gasteiger partial charge in [-0.1, -0.05) is 11.6 Å². The van der Waals surface area contributed by atoms with Crippen LogP contribution in [0.4, 0.5) is 18.9 Å². The van der Waals surface area contributed by atoms with Gasteiger partial charge in [-0.2, -0.15) is 13.2 Å². The quantitative estimate of drug-likeness (QED) is 0.915. The van der Waals surface area contributed by atoms with Crippen molar-refractivity contribution in [2.45, 2.75) is 13.1 Å². The normalized spacial score (nSPS) is 11.2. The highest BCUT2D eigenvalue weighted by Crippen LogP contribution is 2.33. The van der Waals surface area contributed by atoms with Crippen LogP contribution in [-0.2, 0) is 6.18 Å². The highest BCUT2D eigenvalue weighted by Gasteiger charge is 2.31. The molecule has 1 amide bonds. The number of alkyl halides is 3. The van der Waals surface area contributed by atoms with Crippen LogP contribution in [0, 0.1) is 0 Å². The Balaban J connectivity index is 2.25. The van der Waals surface area contributed by atoms with Gasteiger partial charge in [0.05, 0.1) is 22.9 Å². The van der Waals surface area contributed by atoms with Crippen molar-refractivity contribution in [2.24, 2.45) is 0 Å². The van der Waals surface area contributed by atoms with E-state index in [9.17, 15) is 18.0 Å². The van der Waals surface area contributed by atoms with Gasteiger partial charge >= 0.3 is 6.18 Å². The van der Waals surface area contributed by atoms with Gasteiger partial charge in [-0.05, 0) is 25.1 Å². The zero-order chi connectivity index (χ0) is 17.0. The number of carbonyl (C=O) groups is 1. The molecule has 122 valence electrons. The molecule has 1 N–H and O–H groups in total. The molecule has 23 heavy (non-hydrogen) atoms. The third-order valence-electron chi connectivity index (χ3n) is 2.71. The summed E-state index contributed by atoms with van der Waals surface area (Å²) in [6.07, 6.45) is -3.42. The molecule has 0 aliphatic heterocycles. The lowest BCUT2D eigenvalue weighted by atomic mass is 10.2. The van der Waals surface area contributed by atoms with E-state index in [-0.39, 0.29) is 22.3 Å². The number of amides is 1. The molecule has 1 heterocycles. The van der Waals surface area contributed by atoms with Crippen LogP contribution in [-0.4, -0.2) is 22.5 Å². The molecular weight excluding hydrogens is 335 g/mol. The molecule has 1 aromatic heterocycles. The van der Waals surface area contributed by atoms with Crippen LogP contribution in [0.2, 0.25) is 5.02 Å². The molecule has 0 aliphatic rings. The van der Waals surface area contributed by atoms with Crippen molar-refractivity contribution < 1.29 is 22.7 Å². The van der Waals surface area contributed by atoms with Gasteiger partial charge in [-0.15, -0.1) is 0 Å². The second-order valence-corrected chi connectivity index (χ2v) is 4.73. The Morgan fingerprint density at radius 2 is 2.04 bits per heavy atom. The predicted molar refractivity (Wildman–Crippen MR) is 77.6 cm³/mol. The summed E-state index contributed by atoms with van der Waals surface area (Å²) in [7, 11) is 0. The number of hydrogen-bond donors (Lipinski definition) is 1. The van der Waals surface area contributed by atoms with Gasteiger partial charge in [0.2, 0.25) is 5.88 Å². The average Bonchev–Trinajstić information content (AvgIpc) is 2.49. The van der Waals surface area contributed by atoms with E-state index in [4.69, 9.17) is 16.3 Å². The fourth-order valence-electron chi connectivity index (χ4n) is 1.67. The average molecular weight is 346 g/mol. The molecule has 0 unspecified atom stereocenters. The van der Waals surface area contributed by atoms with Crippen molar-refractivity contribution in [3.05, 3.63) is 46.9 Å². The Bertz CT molecular complexity index is 723. The molecule has 0 bridgehead atoms. The van der Waals surface area contributed by atoms with E-state index in [1.165, 1.54) is 6.07 Å². The lowest BCUT2D eigenvalue weighted by molar-refractivity contribution is -0.137. The van der Waals surface area contributed by atoms with E-state index >= 15 is 0 Å². The van der Waals surface area contributed by atoms with E-state index in [1.54, 1.807) is 6.92 Å². The van der Waals surface area contributed by atoms with Gasteiger partial charge in [0, 0.05) is 6.07 Å². The summed E-state index contributed by atoms with van der Waals surface area (Å²) in [5.41, 5.74) is -1.14. The number of benzene rings is 1. The van der Waals surface area contributed by atoms with Gasteiger partial charge in [-0.3, -0.25) is 4.79 Å². The highest BCUT2D eigenvalue weighted by molar-refractivity contribution is 6.33. The van der Waals surface area contributed by atoms with Crippen LogP contribution < -0.4 is 10.1 Å². The maximum Gasteiger partial charge on any atom is 0.416 e. The largest absolute Gasteiger partial charge is 0.478 e. The SMILES string of the molecule is CCOc1cc(C(=O)Nc2cc(C(F)(F)F)ccc2Cl)ncn1. The lowest BCUT2D eigenvalue weighted by Gasteiger charge is -2.11. The number of ether oxygens (including phenoxy) is 1. The molecule has 0 atom stereocenters. The fraction of sp³-hybridized carbons (Fsp3) is 0.214. The molecule has 0 radical (unpaired) electrons. The highest BCUT2D eigenvalue weighted by atomic mass is 35.5. The molecule has 0 spiro atoms. The van der Waals surface area contributed by atoms with E-state index in [0.717, 1.165) is 24.5 Å². The standard InChI is InChI=1S/C14H11ClF3N3O2/c1-2-23-12-6-11(19-7-20-12)13(22)21-10-5-8(14(16,17)18)3-4-9(10)15/h3-7H,2H2,1H3,(H,21,22). The monoisotopic (exact) mass is 345 g/mol. The van der Waals surface area contributed by atoms with E-state index in [2.05, 4.69) is 15.3 Å². The first-order chi connectivity index (χ1) is 10.8. The van der Waals surface area contributed by atoms with Crippen LogP contribution in [0.15, 0.2) is 30.6 Å². The first kappa shape index (κ1) is 17.0. The van der Waals surface area contributed by atoms with Crippen LogP contribution in [0.25, 0.3) is 0 Å². The third kappa shape index (κ3) is 4.32. The second kappa shape index (κ2) is 6.82. The predicted octanol–water partition coefficient (Wildman–Crippen LogP) is 3.80. The van der Waals surface area contributed by atoms with E-state index < -0.39 is 17.6 Å². The second-order valence-electron chi connectivity index (χ2n) is 4.32. The molecule has 2 aromatic rings. The minimum absolute atomic E-state index is 0.0227. The summed E-state index contributed by atoms with van der Waals surface area (Å²) in [4.78, 5) is 19.6. The van der Waals surface area contributed by atoms with Crippen LogP contribution >= 0.6 is 11.6 Å². The Morgan fingerprint density at radius 3 is 2.70 bits per heavy atom. The minimum Gasteiger partial charge on any atom is -0.478 e. The lowest BCUT2D eigenvalue weighted by Crippen LogP contribution is -2.15. The van der Waals surface area contributed by atoms with Gasteiger partial charge in [0.25, 0.3) is 5.91 Å². The van der Waals surface area contributed by atoms with Gasteiger partial charge in [0.15, 0.2) is 0 Å². The topological polar surface area (TPSA) is 64.1 Å². The van der Waals surface area contributed by atoms with Crippen LogP contribution in [0.1, 0.15) is 23.0 Å². The van der Waals surface area contributed by atoms with Gasteiger partial charge < -0.3 is 10.1 Å². The zero-order valence-electron chi connectivity index (χ0n) is 11.8. The minimum atomic E-state index is -4.54. The smallest absolute Gasteiger partial charge is 0.416 e. The van der Waals surface area contributed by atoms with Crippen molar-refractivity contribution in [1.29, 1.82) is 0 Å². The first-order valence-corrected chi connectivity index (χ1v) is 6.82. The molecular formula is C14H11ClF3N3O2. The van der Waals surface area contributed by atoms with Crippen molar-refractivity contribution in [1.82, 2.24) is 9.97 Å². The summed E-state index contributed by atoms with van der Waals surface area (Å²) in [5.74, 6) is -0.544. The number of nitrogens with zero attached hydrogens (tertiary/aromatic N) is 2. The van der Waals surface area contributed by atoms with E-state index in [0.29, 0.717) is 6.61 Å². The number of rotatable bonds is 4. The van der Waals surface area contributed by atoms with Crippen molar-refractivity contribution in [3.63, 3.8) is 0 Å². The van der Waals surface area contributed by atoms with Crippen LogP contribution in [0.5, 0.6) is 5.88 Å². The number of hydrogen-bond acceptors (Lipinski definition) is 4. The third-order valence-corrected chi connectivity index (χ3v) is 3.04. The molecule has 2 rings (SSSR count). The summed E-state index contributed by atoms with van der Waals surface area (Å²) < 4.78 is 43.2. The Hall–Kier alpha value is -2.35. The number of nitrogens with one attached hydrogen (secondary N) is 1. The van der Waals surface area contributed by atoms with E-state index in [1.807, 2.05) is 0 Å². The van der Waals surface area contributed by atoms with Crippen molar-refractivity contribution in [2.75, 3.05) is 11.9 Å². The molecule has 0 saturated heterocycles. The van der Waals surface area contributed by atoms with Crippen molar-refractivity contribution in [3.8, 4) is 5.88 Å². The zero-order valence-corrected chi connectivity index (χ0v) is 12.6. The Labute approximate surface area is 134 Å². The summed E-state index contributed by atoms with van der Waals surface area (Å²) in [6.45, 7) is 2.09. The Morgan fingerprint density at radius 1 is 1.30 bits per heavy atom. The summed E-state index contributed by atoms with van der Waals surface area (Å²) >= 11 is 5.82. The maximum atomic E-state index is 12.7. The molecule has 0 fully saturated rings. The molecule has 9 heteroatoms. The first-order valence-electron chi connectivity index (χ1n) is 6.44. The van der Waals surface area contributed by atoms with Gasteiger partial charge in [0.1, 0.15) is 12.0 Å².